The molecule has 3 N–H and O–H groups in total. The molecule has 21 heavy (non-hydrogen) atoms. The topological polar surface area (TPSA) is 64.3 Å². The monoisotopic (exact) mass is 308 g/mol. The normalized spacial score (nSPS) is 10.2. The lowest BCUT2D eigenvalue weighted by Gasteiger charge is -2.08. The van der Waals surface area contributed by atoms with Gasteiger partial charge in [0.2, 0.25) is 5.91 Å². The van der Waals surface area contributed by atoms with Gasteiger partial charge in [0.15, 0.2) is 0 Å². The number of nitrogens with one attached hydrogen (secondary N) is 1. The predicted molar refractivity (Wildman–Crippen MR) is 81.0 cm³/mol. The van der Waals surface area contributed by atoms with Crippen molar-refractivity contribution >= 4 is 28.9 Å². The molecule has 0 aromatic heterocycles. The molecule has 0 aliphatic rings. The van der Waals surface area contributed by atoms with Gasteiger partial charge in [0.05, 0.1) is 23.7 Å². The van der Waals surface area contributed by atoms with Crippen molar-refractivity contribution in [3.05, 3.63) is 53.3 Å². The Morgan fingerprint density at radius 1 is 1.24 bits per heavy atom. The van der Waals surface area contributed by atoms with Crippen LogP contribution in [0.5, 0.6) is 5.75 Å². The number of benzene rings is 2. The van der Waals surface area contributed by atoms with E-state index in [4.69, 9.17) is 22.1 Å². The van der Waals surface area contributed by atoms with E-state index < -0.39 is 5.82 Å². The maximum absolute atomic E-state index is 12.9. The number of ether oxygens (including phenoxy) is 1. The molecule has 0 fully saturated rings. The smallest absolute Gasteiger partial charge is 0.227 e. The Morgan fingerprint density at radius 3 is 2.62 bits per heavy atom. The largest absolute Gasteiger partial charge is 0.493 e. The number of carbonyl (C=O) groups excluding carboxylic acids is 1. The molecule has 0 unspecified atom stereocenters. The summed E-state index contributed by atoms with van der Waals surface area (Å²) in [5.41, 5.74) is 6.57. The number of rotatable bonds is 5. The number of hydrogen-bond acceptors (Lipinski definition) is 3. The van der Waals surface area contributed by atoms with E-state index >= 15 is 0 Å². The first-order valence-corrected chi connectivity index (χ1v) is 6.65. The van der Waals surface area contributed by atoms with Crippen LogP contribution in [0.1, 0.15) is 6.42 Å². The number of halogens is 2. The Bertz CT molecular complexity index is 632. The van der Waals surface area contributed by atoms with Gasteiger partial charge in [-0.3, -0.25) is 4.79 Å². The SMILES string of the molecule is Nc1ccc(OCCC(=O)Nc2ccc(F)cc2Cl)cc1. The van der Waals surface area contributed by atoms with Crippen LogP contribution in [0.4, 0.5) is 15.8 Å². The third kappa shape index (κ3) is 4.65. The summed E-state index contributed by atoms with van der Waals surface area (Å²) in [5, 5.41) is 2.75. The minimum Gasteiger partial charge on any atom is -0.493 e. The average molecular weight is 309 g/mol. The standard InChI is InChI=1S/C15H14ClFN2O2/c16-13-9-10(17)1-6-14(13)19-15(20)7-8-21-12-4-2-11(18)3-5-12/h1-6,9H,7-8,18H2,(H,19,20). The predicted octanol–water partition coefficient (Wildman–Crippen LogP) is 3.47. The van der Waals surface area contributed by atoms with Crippen molar-refractivity contribution in [1.29, 1.82) is 0 Å². The van der Waals surface area contributed by atoms with Crippen molar-refractivity contribution in [2.24, 2.45) is 0 Å². The number of hydrogen-bond donors (Lipinski definition) is 2. The number of carbonyl (C=O) groups is 1. The number of nitrogens with two attached hydrogens (primary N) is 1. The van der Waals surface area contributed by atoms with E-state index in [0.717, 1.165) is 6.07 Å². The molecule has 2 rings (SSSR count). The van der Waals surface area contributed by atoms with Crippen molar-refractivity contribution in [2.75, 3.05) is 17.7 Å². The van der Waals surface area contributed by atoms with Crippen LogP contribution in [0.25, 0.3) is 0 Å². The summed E-state index contributed by atoms with van der Waals surface area (Å²) < 4.78 is 18.3. The zero-order valence-electron chi connectivity index (χ0n) is 11.1. The molecule has 0 saturated carbocycles. The molecule has 1 amide bonds. The molecule has 6 heteroatoms. The van der Waals surface area contributed by atoms with E-state index in [1.807, 2.05) is 0 Å². The van der Waals surface area contributed by atoms with Crippen LogP contribution in [0.15, 0.2) is 42.5 Å². The molecular formula is C15H14ClFN2O2. The molecule has 0 atom stereocenters. The lowest BCUT2D eigenvalue weighted by molar-refractivity contribution is -0.116. The van der Waals surface area contributed by atoms with E-state index in [2.05, 4.69) is 5.32 Å². The summed E-state index contributed by atoms with van der Waals surface area (Å²) in [5.74, 6) is -0.0829. The van der Waals surface area contributed by atoms with Gasteiger partial charge in [-0.25, -0.2) is 4.39 Å². The zero-order chi connectivity index (χ0) is 15.2. The molecular weight excluding hydrogens is 295 g/mol. The summed E-state index contributed by atoms with van der Waals surface area (Å²) in [6.07, 6.45) is 0.151. The van der Waals surface area contributed by atoms with E-state index in [1.54, 1.807) is 24.3 Å². The van der Waals surface area contributed by atoms with Crippen LogP contribution in [0, 0.1) is 5.82 Å². The Morgan fingerprint density at radius 2 is 1.95 bits per heavy atom. The second kappa shape index (κ2) is 6.95. The van der Waals surface area contributed by atoms with Crippen LogP contribution in [-0.4, -0.2) is 12.5 Å². The van der Waals surface area contributed by atoms with Gasteiger partial charge in [0, 0.05) is 5.69 Å². The third-order valence-electron chi connectivity index (χ3n) is 2.68. The van der Waals surface area contributed by atoms with E-state index in [9.17, 15) is 9.18 Å². The number of anilines is 2. The first-order chi connectivity index (χ1) is 10.0. The minimum absolute atomic E-state index is 0.151. The van der Waals surface area contributed by atoms with Crippen LogP contribution in [-0.2, 0) is 4.79 Å². The molecule has 0 heterocycles. The fraction of sp³-hybridized carbons (Fsp3) is 0.133. The highest BCUT2D eigenvalue weighted by atomic mass is 35.5. The van der Waals surface area contributed by atoms with Crippen LogP contribution >= 0.6 is 11.6 Å². The van der Waals surface area contributed by atoms with Gasteiger partial charge in [-0.15, -0.1) is 0 Å². The lowest BCUT2D eigenvalue weighted by Crippen LogP contribution is -2.15. The maximum Gasteiger partial charge on any atom is 0.227 e. The molecule has 0 saturated heterocycles. The first-order valence-electron chi connectivity index (χ1n) is 6.28. The van der Waals surface area contributed by atoms with Crippen LogP contribution < -0.4 is 15.8 Å². The summed E-state index contributed by atoms with van der Waals surface area (Å²) in [6.45, 7) is 0.217. The van der Waals surface area contributed by atoms with Crippen LogP contribution in [0.3, 0.4) is 0 Å². The fourth-order valence-electron chi connectivity index (χ4n) is 1.63. The summed E-state index contributed by atoms with van der Waals surface area (Å²) in [7, 11) is 0. The molecule has 110 valence electrons. The Hall–Kier alpha value is -2.27. The lowest BCUT2D eigenvalue weighted by atomic mass is 10.3. The van der Waals surface area contributed by atoms with Gasteiger partial charge in [0.1, 0.15) is 11.6 Å². The molecule has 0 aliphatic heterocycles. The quantitative estimate of drug-likeness (QED) is 0.831. The molecule has 2 aromatic rings. The van der Waals surface area contributed by atoms with Gasteiger partial charge in [-0.1, -0.05) is 11.6 Å². The maximum atomic E-state index is 12.9. The second-order valence-corrected chi connectivity index (χ2v) is 4.75. The van der Waals surface area contributed by atoms with E-state index in [1.165, 1.54) is 12.1 Å². The summed E-state index contributed by atoms with van der Waals surface area (Å²) in [4.78, 5) is 11.7. The third-order valence-corrected chi connectivity index (χ3v) is 3.00. The molecule has 0 radical (unpaired) electrons. The Kier molecular flexibility index (Phi) is 5.00. The average Bonchev–Trinajstić information content (AvgIpc) is 2.44. The van der Waals surface area contributed by atoms with Crippen molar-refractivity contribution in [3.63, 3.8) is 0 Å². The Balaban J connectivity index is 1.81. The number of nitrogen functional groups attached to an aromatic ring is 1. The molecule has 0 spiro atoms. The van der Waals surface area contributed by atoms with Gasteiger partial charge >= 0.3 is 0 Å². The highest BCUT2D eigenvalue weighted by Gasteiger charge is 2.07. The van der Waals surface area contributed by atoms with Gasteiger partial charge < -0.3 is 15.8 Å². The van der Waals surface area contributed by atoms with E-state index in [0.29, 0.717) is 17.1 Å². The van der Waals surface area contributed by atoms with Gasteiger partial charge in [-0.2, -0.15) is 0 Å². The second-order valence-electron chi connectivity index (χ2n) is 4.34. The van der Waals surface area contributed by atoms with Crippen molar-refractivity contribution in [2.45, 2.75) is 6.42 Å². The Labute approximate surface area is 126 Å². The number of amides is 1. The summed E-state index contributed by atoms with van der Waals surface area (Å²) >= 11 is 5.82. The van der Waals surface area contributed by atoms with Crippen LogP contribution in [0.2, 0.25) is 5.02 Å². The molecule has 0 aliphatic carbocycles. The van der Waals surface area contributed by atoms with Crippen molar-refractivity contribution in [3.8, 4) is 5.75 Å². The zero-order valence-corrected chi connectivity index (χ0v) is 11.9. The molecule has 4 nitrogen and oxygen atoms in total. The van der Waals surface area contributed by atoms with Crippen molar-refractivity contribution < 1.29 is 13.9 Å². The van der Waals surface area contributed by atoms with E-state index in [-0.39, 0.29) is 24.0 Å². The molecule has 2 aromatic carbocycles. The highest BCUT2D eigenvalue weighted by molar-refractivity contribution is 6.33. The highest BCUT2D eigenvalue weighted by Crippen LogP contribution is 2.22. The minimum atomic E-state index is -0.454. The van der Waals surface area contributed by atoms with Crippen molar-refractivity contribution in [1.82, 2.24) is 0 Å². The first kappa shape index (κ1) is 15.1. The fourth-order valence-corrected chi connectivity index (χ4v) is 1.84. The summed E-state index contributed by atoms with van der Waals surface area (Å²) in [6, 6.07) is 10.7. The molecule has 0 bridgehead atoms. The van der Waals surface area contributed by atoms with Gasteiger partial charge in [-0.05, 0) is 42.5 Å². The van der Waals surface area contributed by atoms with Gasteiger partial charge in [0.25, 0.3) is 0 Å².